The minimum atomic E-state index is -0.429. The standard InChI is InChI=1S/C20H22O4/c1-4-5-20(23-18-10-6-16(7-11-18)14(2)21)24-19-12-8-17(9-13-19)15(3)22/h6-13,20H,4-5H2,1-3H3. The highest BCUT2D eigenvalue weighted by atomic mass is 16.7. The number of rotatable bonds is 8. The molecule has 0 fully saturated rings. The first-order valence-electron chi connectivity index (χ1n) is 8.05. The van der Waals surface area contributed by atoms with E-state index in [1.54, 1.807) is 48.5 Å². The van der Waals surface area contributed by atoms with Crippen molar-refractivity contribution in [1.29, 1.82) is 0 Å². The molecule has 0 unspecified atom stereocenters. The molecule has 0 bridgehead atoms. The molecule has 4 nitrogen and oxygen atoms in total. The molecule has 0 atom stereocenters. The van der Waals surface area contributed by atoms with Crippen molar-refractivity contribution < 1.29 is 19.1 Å². The molecular weight excluding hydrogens is 304 g/mol. The topological polar surface area (TPSA) is 52.6 Å². The summed E-state index contributed by atoms with van der Waals surface area (Å²) in [7, 11) is 0. The molecular formula is C20H22O4. The van der Waals surface area contributed by atoms with Crippen LogP contribution in [0, 0.1) is 0 Å². The van der Waals surface area contributed by atoms with Gasteiger partial charge in [0.15, 0.2) is 11.6 Å². The minimum Gasteiger partial charge on any atom is -0.455 e. The summed E-state index contributed by atoms with van der Waals surface area (Å²) in [5.74, 6) is 1.35. The summed E-state index contributed by atoms with van der Waals surface area (Å²) in [6, 6.07) is 14.0. The first kappa shape index (κ1) is 17.7. The van der Waals surface area contributed by atoms with Gasteiger partial charge in [-0.25, -0.2) is 0 Å². The molecule has 0 aliphatic heterocycles. The zero-order valence-electron chi connectivity index (χ0n) is 14.2. The largest absolute Gasteiger partial charge is 0.455 e. The van der Waals surface area contributed by atoms with E-state index in [1.165, 1.54) is 13.8 Å². The van der Waals surface area contributed by atoms with E-state index in [1.807, 2.05) is 0 Å². The van der Waals surface area contributed by atoms with Crippen molar-refractivity contribution in [3.8, 4) is 11.5 Å². The summed E-state index contributed by atoms with van der Waals surface area (Å²) in [5.41, 5.74) is 1.30. The summed E-state index contributed by atoms with van der Waals surface area (Å²) in [6.45, 7) is 5.12. The lowest BCUT2D eigenvalue weighted by atomic mass is 10.1. The van der Waals surface area contributed by atoms with Crippen molar-refractivity contribution in [3.63, 3.8) is 0 Å². The van der Waals surface area contributed by atoms with Crippen LogP contribution in [0.25, 0.3) is 0 Å². The van der Waals surface area contributed by atoms with E-state index in [0.29, 0.717) is 22.6 Å². The molecule has 0 radical (unpaired) electrons. The van der Waals surface area contributed by atoms with E-state index < -0.39 is 6.29 Å². The summed E-state index contributed by atoms with van der Waals surface area (Å²) in [4.78, 5) is 22.6. The molecule has 126 valence electrons. The van der Waals surface area contributed by atoms with Crippen LogP contribution in [0.5, 0.6) is 11.5 Å². The van der Waals surface area contributed by atoms with Crippen molar-refractivity contribution in [1.82, 2.24) is 0 Å². The molecule has 24 heavy (non-hydrogen) atoms. The van der Waals surface area contributed by atoms with Gasteiger partial charge in [-0.2, -0.15) is 0 Å². The lowest BCUT2D eigenvalue weighted by Crippen LogP contribution is -2.23. The molecule has 0 aromatic heterocycles. The number of benzene rings is 2. The first-order valence-corrected chi connectivity index (χ1v) is 8.05. The first-order chi connectivity index (χ1) is 11.5. The molecule has 0 aliphatic carbocycles. The summed E-state index contributed by atoms with van der Waals surface area (Å²) in [6.07, 6.45) is 1.20. The van der Waals surface area contributed by atoms with Gasteiger partial charge in [-0.3, -0.25) is 9.59 Å². The highest BCUT2D eigenvalue weighted by molar-refractivity contribution is 5.94. The molecule has 0 saturated carbocycles. The maximum atomic E-state index is 11.3. The lowest BCUT2D eigenvalue weighted by molar-refractivity contribution is -0.00104. The molecule has 0 saturated heterocycles. The van der Waals surface area contributed by atoms with Crippen molar-refractivity contribution in [3.05, 3.63) is 59.7 Å². The van der Waals surface area contributed by atoms with E-state index in [0.717, 1.165) is 12.8 Å². The zero-order valence-corrected chi connectivity index (χ0v) is 14.2. The Morgan fingerprint density at radius 1 is 0.792 bits per heavy atom. The third kappa shape index (κ3) is 4.95. The van der Waals surface area contributed by atoms with Gasteiger partial charge in [0.25, 0.3) is 0 Å². The van der Waals surface area contributed by atoms with Gasteiger partial charge in [-0.1, -0.05) is 6.92 Å². The Balaban J connectivity index is 2.05. The fourth-order valence-electron chi connectivity index (χ4n) is 2.22. The second-order valence-corrected chi connectivity index (χ2v) is 5.62. The van der Waals surface area contributed by atoms with E-state index in [4.69, 9.17) is 9.47 Å². The number of ether oxygens (including phenoxy) is 2. The van der Waals surface area contributed by atoms with Crippen molar-refractivity contribution in [2.45, 2.75) is 39.9 Å². The summed E-state index contributed by atoms with van der Waals surface area (Å²) < 4.78 is 11.7. The van der Waals surface area contributed by atoms with Crippen molar-refractivity contribution in [2.24, 2.45) is 0 Å². The average Bonchev–Trinajstić information content (AvgIpc) is 2.56. The Bertz CT molecular complexity index is 627. The van der Waals surface area contributed by atoms with Crippen LogP contribution in [-0.2, 0) is 0 Å². The number of carbonyl (C=O) groups excluding carboxylic acids is 2. The number of hydrogen-bond donors (Lipinski definition) is 0. The molecule has 4 heteroatoms. The molecule has 0 heterocycles. The number of Topliss-reactive ketones (excluding diaryl/α,β-unsaturated/α-hetero) is 2. The second-order valence-electron chi connectivity index (χ2n) is 5.62. The van der Waals surface area contributed by atoms with Gasteiger partial charge in [0.05, 0.1) is 0 Å². The van der Waals surface area contributed by atoms with Crippen molar-refractivity contribution in [2.75, 3.05) is 0 Å². The van der Waals surface area contributed by atoms with E-state index in [9.17, 15) is 9.59 Å². The molecule has 0 amide bonds. The molecule has 2 aromatic rings. The molecule has 0 N–H and O–H groups in total. The monoisotopic (exact) mass is 326 g/mol. The number of hydrogen-bond acceptors (Lipinski definition) is 4. The van der Waals surface area contributed by atoms with Gasteiger partial charge in [0.2, 0.25) is 6.29 Å². The Hall–Kier alpha value is -2.62. The Kier molecular flexibility index (Phi) is 6.13. The predicted molar refractivity (Wildman–Crippen MR) is 92.8 cm³/mol. The second kappa shape index (κ2) is 8.29. The summed E-state index contributed by atoms with van der Waals surface area (Å²) in [5, 5.41) is 0. The van der Waals surface area contributed by atoms with Crippen LogP contribution in [0.2, 0.25) is 0 Å². The molecule has 0 aliphatic rings. The fourth-order valence-corrected chi connectivity index (χ4v) is 2.22. The third-order valence-electron chi connectivity index (χ3n) is 3.58. The maximum Gasteiger partial charge on any atom is 0.241 e. The Morgan fingerprint density at radius 2 is 1.17 bits per heavy atom. The van der Waals surface area contributed by atoms with Gasteiger partial charge in [0, 0.05) is 17.5 Å². The molecule has 0 spiro atoms. The van der Waals surface area contributed by atoms with Crippen LogP contribution in [0.1, 0.15) is 54.3 Å². The third-order valence-corrected chi connectivity index (χ3v) is 3.58. The smallest absolute Gasteiger partial charge is 0.241 e. The molecule has 2 aromatic carbocycles. The van der Waals surface area contributed by atoms with Crippen LogP contribution in [0.4, 0.5) is 0 Å². The molecule has 2 rings (SSSR count). The number of ketones is 2. The van der Waals surface area contributed by atoms with Gasteiger partial charge < -0.3 is 9.47 Å². The highest BCUT2D eigenvalue weighted by Crippen LogP contribution is 2.20. The van der Waals surface area contributed by atoms with Crippen molar-refractivity contribution >= 4 is 11.6 Å². The Morgan fingerprint density at radius 3 is 1.46 bits per heavy atom. The number of carbonyl (C=O) groups is 2. The quantitative estimate of drug-likeness (QED) is 0.522. The summed E-state index contributed by atoms with van der Waals surface area (Å²) >= 11 is 0. The maximum absolute atomic E-state index is 11.3. The highest BCUT2D eigenvalue weighted by Gasteiger charge is 2.12. The van der Waals surface area contributed by atoms with Gasteiger partial charge in [-0.05, 0) is 68.8 Å². The van der Waals surface area contributed by atoms with E-state index in [-0.39, 0.29) is 11.6 Å². The van der Waals surface area contributed by atoms with Crippen LogP contribution in [0.3, 0.4) is 0 Å². The minimum absolute atomic E-state index is 0.0217. The van der Waals surface area contributed by atoms with E-state index in [2.05, 4.69) is 6.92 Å². The fraction of sp³-hybridized carbons (Fsp3) is 0.300. The van der Waals surface area contributed by atoms with Gasteiger partial charge >= 0.3 is 0 Å². The SMILES string of the molecule is CCCC(Oc1ccc(C(C)=O)cc1)Oc1ccc(C(C)=O)cc1. The van der Waals surface area contributed by atoms with Gasteiger partial charge in [-0.15, -0.1) is 0 Å². The predicted octanol–water partition coefficient (Wildman–Crippen LogP) is 4.68. The average molecular weight is 326 g/mol. The van der Waals surface area contributed by atoms with Crippen LogP contribution in [-0.4, -0.2) is 17.9 Å². The normalized spacial score (nSPS) is 10.5. The van der Waals surface area contributed by atoms with Crippen LogP contribution in [0.15, 0.2) is 48.5 Å². The Labute approximate surface area is 142 Å². The van der Waals surface area contributed by atoms with Gasteiger partial charge in [0.1, 0.15) is 11.5 Å². The zero-order chi connectivity index (χ0) is 17.5. The van der Waals surface area contributed by atoms with Crippen LogP contribution < -0.4 is 9.47 Å². The lowest BCUT2D eigenvalue weighted by Gasteiger charge is -2.20. The van der Waals surface area contributed by atoms with Crippen LogP contribution >= 0.6 is 0 Å². The van der Waals surface area contributed by atoms with E-state index >= 15 is 0 Å².